The van der Waals surface area contributed by atoms with Crippen molar-refractivity contribution in [2.45, 2.75) is 38.5 Å². The second kappa shape index (κ2) is 8.72. The Bertz CT molecular complexity index is 361. The van der Waals surface area contributed by atoms with Crippen molar-refractivity contribution in [3.8, 4) is 0 Å². The van der Waals surface area contributed by atoms with Crippen molar-refractivity contribution in [3.05, 3.63) is 0 Å². The zero-order valence-electron chi connectivity index (χ0n) is 13.6. The van der Waals surface area contributed by atoms with E-state index in [1.165, 1.54) is 45.2 Å². The lowest BCUT2D eigenvalue weighted by Crippen LogP contribution is -2.49. The molecule has 2 heterocycles. The molecule has 3 fully saturated rings. The molecule has 0 radical (unpaired) electrons. The maximum atomic E-state index is 12.7. The first kappa shape index (κ1) is 20.0. The summed E-state index contributed by atoms with van der Waals surface area (Å²) >= 11 is 0. The average molecular weight is 352 g/mol. The number of amides is 1. The number of carbonyl (C=O) groups excluding carboxylic acids is 1. The Morgan fingerprint density at radius 3 is 2.68 bits per heavy atom. The van der Waals surface area contributed by atoms with Crippen molar-refractivity contribution in [1.29, 1.82) is 0 Å². The minimum absolute atomic E-state index is 0. The fourth-order valence-corrected chi connectivity index (χ4v) is 4.37. The molecule has 0 spiro atoms. The summed E-state index contributed by atoms with van der Waals surface area (Å²) < 4.78 is 0. The van der Waals surface area contributed by atoms with Gasteiger partial charge in [0.05, 0.1) is 5.41 Å². The molecule has 2 aliphatic heterocycles. The molecule has 0 aromatic carbocycles. The van der Waals surface area contributed by atoms with Gasteiger partial charge in [0, 0.05) is 13.1 Å². The molecule has 130 valence electrons. The molecule has 0 unspecified atom stereocenters. The van der Waals surface area contributed by atoms with Crippen LogP contribution >= 0.6 is 24.8 Å². The zero-order valence-corrected chi connectivity index (χ0v) is 15.2. The van der Waals surface area contributed by atoms with Crippen LogP contribution in [-0.4, -0.2) is 50.6 Å². The van der Waals surface area contributed by atoms with Crippen LogP contribution in [0.25, 0.3) is 0 Å². The number of rotatable bonds is 3. The molecule has 3 rings (SSSR count). The zero-order chi connectivity index (χ0) is 14.0. The lowest BCUT2D eigenvalue weighted by atomic mass is 9.67. The number of nitrogens with zero attached hydrogens (tertiary/aromatic N) is 1. The topological polar surface area (TPSA) is 44.4 Å². The number of halogens is 2. The van der Waals surface area contributed by atoms with Crippen molar-refractivity contribution in [2.24, 2.45) is 17.3 Å². The Hall–Kier alpha value is -0.0300. The van der Waals surface area contributed by atoms with E-state index in [2.05, 4.69) is 22.6 Å². The van der Waals surface area contributed by atoms with Gasteiger partial charge in [0.2, 0.25) is 5.91 Å². The minimum Gasteiger partial charge on any atom is -0.355 e. The summed E-state index contributed by atoms with van der Waals surface area (Å²) in [6.45, 7) is 5.19. The van der Waals surface area contributed by atoms with Crippen LogP contribution in [0.4, 0.5) is 0 Å². The smallest absolute Gasteiger partial charge is 0.227 e. The number of carbonyl (C=O) groups is 1. The van der Waals surface area contributed by atoms with E-state index in [9.17, 15) is 4.79 Å². The summed E-state index contributed by atoms with van der Waals surface area (Å²) in [5.41, 5.74) is -0.0797. The van der Waals surface area contributed by atoms with Gasteiger partial charge >= 0.3 is 0 Å². The second-order valence-corrected chi connectivity index (χ2v) is 7.19. The monoisotopic (exact) mass is 351 g/mol. The highest BCUT2D eigenvalue weighted by Gasteiger charge is 2.49. The van der Waals surface area contributed by atoms with E-state index in [0.717, 1.165) is 26.1 Å². The van der Waals surface area contributed by atoms with Crippen molar-refractivity contribution in [1.82, 2.24) is 15.5 Å². The van der Waals surface area contributed by atoms with E-state index < -0.39 is 0 Å². The first-order valence-electron chi connectivity index (χ1n) is 8.38. The number of likely N-dealkylation sites (tertiary alicyclic amines) is 1. The van der Waals surface area contributed by atoms with E-state index in [1.807, 2.05) is 0 Å². The number of fused-ring (bicyclic) bond motifs is 1. The first-order valence-corrected chi connectivity index (χ1v) is 8.38. The van der Waals surface area contributed by atoms with Crippen molar-refractivity contribution < 1.29 is 4.79 Å². The summed E-state index contributed by atoms with van der Waals surface area (Å²) in [5, 5.41) is 6.76. The summed E-state index contributed by atoms with van der Waals surface area (Å²) in [7, 11) is 2.19. The van der Waals surface area contributed by atoms with Crippen LogP contribution in [0, 0.1) is 17.3 Å². The van der Waals surface area contributed by atoms with Gasteiger partial charge in [0.1, 0.15) is 0 Å². The molecule has 1 amide bonds. The van der Waals surface area contributed by atoms with Gasteiger partial charge in [0.25, 0.3) is 0 Å². The predicted octanol–water partition coefficient (Wildman–Crippen LogP) is 2.07. The molecule has 2 N–H and O–H groups in total. The van der Waals surface area contributed by atoms with Gasteiger partial charge in [-0.25, -0.2) is 0 Å². The first-order chi connectivity index (χ1) is 9.71. The van der Waals surface area contributed by atoms with E-state index >= 15 is 0 Å². The molecule has 2 saturated heterocycles. The molecule has 0 aromatic heterocycles. The molecule has 22 heavy (non-hydrogen) atoms. The third-order valence-electron chi connectivity index (χ3n) is 5.88. The molecular formula is C16H31Cl2N3O. The van der Waals surface area contributed by atoms with Crippen LogP contribution in [0.15, 0.2) is 0 Å². The van der Waals surface area contributed by atoms with Crippen LogP contribution in [0.3, 0.4) is 0 Å². The van der Waals surface area contributed by atoms with Gasteiger partial charge in [-0.1, -0.05) is 12.8 Å². The van der Waals surface area contributed by atoms with E-state index in [-0.39, 0.29) is 30.2 Å². The molecule has 3 aliphatic rings. The summed E-state index contributed by atoms with van der Waals surface area (Å²) in [5.74, 6) is 1.60. The molecule has 1 aliphatic carbocycles. The highest BCUT2D eigenvalue weighted by Crippen LogP contribution is 2.43. The van der Waals surface area contributed by atoms with Crippen LogP contribution in [0.2, 0.25) is 0 Å². The van der Waals surface area contributed by atoms with Crippen LogP contribution in [-0.2, 0) is 4.79 Å². The SMILES string of the molecule is CN1CCC(CNC(=O)[C@@]23CCCC[C@H]2CNC3)CC1.Cl.Cl. The Morgan fingerprint density at radius 2 is 1.95 bits per heavy atom. The quantitative estimate of drug-likeness (QED) is 0.817. The van der Waals surface area contributed by atoms with Gasteiger partial charge < -0.3 is 15.5 Å². The Morgan fingerprint density at radius 1 is 1.23 bits per heavy atom. The van der Waals surface area contributed by atoms with Gasteiger partial charge in [-0.05, 0) is 64.2 Å². The summed E-state index contributed by atoms with van der Waals surface area (Å²) in [6.07, 6.45) is 7.30. The lowest BCUT2D eigenvalue weighted by molar-refractivity contribution is -0.134. The van der Waals surface area contributed by atoms with Crippen LogP contribution in [0.5, 0.6) is 0 Å². The third-order valence-corrected chi connectivity index (χ3v) is 5.88. The van der Waals surface area contributed by atoms with E-state index in [0.29, 0.717) is 17.7 Å². The molecule has 2 atom stereocenters. The van der Waals surface area contributed by atoms with Gasteiger partial charge in [0.15, 0.2) is 0 Å². The normalized spacial score (nSPS) is 32.5. The average Bonchev–Trinajstić information content (AvgIpc) is 2.91. The van der Waals surface area contributed by atoms with Gasteiger partial charge in [-0.2, -0.15) is 0 Å². The van der Waals surface area contributed by atoms with Gasteiger partial charge in [-0.3, -0.25) is 4.79 Å². The highest BCUT2D eigenvalue weighted by atomic mass is 35.5. The Kier molecular flexibility index (Phi) is 7.93. The minimum atomic E-state index is -0.0797. The van der Waals surface area contributed by atoms with E-state index in [4.69, 9.17) is 0 Å². The fraction of sp³-hybridized carbons (Fsp3) is 0.938. The number of hydrogen-bond acceptors (Lipinski definition) is 3. The van der Waals surface area contributed by atoms with E-state index in [1.54, 1.807) is 0 Å². The summed E-state index contributed by atoms with van der Waals surface area (Å²) in [6, 6.07) is 0. The maximum Gasteiger partial charge on any atom is 0.227 e. The molecular weight excluding hydrogens is 321 g/mol. The van der Waals surface area contributed by atoms with Crippen molar-refractivity contribution >= 4 is 30.7 Å². The number of hydrogen-bond donors (Lipinski definition) is 2. The number of nitrogens with one attached hydrogen (secondary N) is 2. The largest absolute Gasteiger partial charge is 0.355 e. The lowest BCUT2D eigenvalue weighted by Gasteiger charge is -2.38. The standard InChI is InChI=1S/C16H29N3O.2ClH/c1-19-8-5-13(6-9-19)10-18-15(20)16-7-3-2-4-14(16)11-17-12-16;;/h13-14,17H,2-12H2,1H3,(H,18,20);2*1H/t14-,16+;;/m0../s1. The third kappa shape index (κ3) is 4.08. The summed E-state index contributed by atoms with van der Waals surface area (Å²) in [4.78, 5) is 15.1. The molecule has 0 bridgehead atoms. The molecule has 6 heteroatoms. The van der Waals surface area contributed by atoms with Crippen LogP contribution in [0.1, 0.15) is 38.5 Å². The van der Waals surface area contributed by atoms with Crippen LogP contribution < -0.4 is 10.6 Å². The number of piperidine rings is 1. The fourth-order valence-electron chi connectivity index (χ4n) is 4.37. The maximum absolute atomic E-state index is 12.7. The molecule has 1 saturated carbocycles. The van der Waals surface area contributed by atoms with Gasteiger partial charge in [-0.15, -0.1) is 24.8 Å². The predicted molar refractivity (Wildman–Crippen MR) is 95.0 cm³/mol. The Balaban J connectivity index is 0.00000121. The highest BCUT2D eigenvalue weighted by molar-refractivity contribution is 5.85. The second-order valence-electron chi connectivity index (χ2n) is 7.19. The molecule has 0 aromatic rings. The molecule has 4 nitrogen and oxygen atoms in total. The van der Waals surface area contributed by atoms with Crippen molar-refractivity contribution in [3.63, 3.8) is 0 Å². The Labute approximate surface area is 147 Å². The van der Waals surface area contributed by atoms with Crippen molar-refractivity contribution in [2.75, 3.05) is 39.8 Å².